The number of carbonyl (C=O) groups is 2. The van der Waals surface area contributed by atoms with Gasteiger partial charge in [0.05, 0.1) is 17.2 Å². The summed E-state index contributed by atoms with van der Waals surface area (Å²) >= 11 is 6.13. The van der Waals surface area contributed by atoms with E-state index in [1.807, 2.05) is 11.8 Å². The second-order valence-electron chi connectivity index (χ2n) is 6.95. The molecule has 0 unspecified atom stereocenters. The monoisotopic (exact) mass is 394 g/mol. The Balaban J connectivity index is 1.53. The number of aromatic nitrogens is 1. The van der Waals surface area contributed by atoms with Gasteiger partial charge in [0, 0.05) is 57.7 Å². The zero-order valence-corrected chi connectivity index (χ0v) is 16.5. The number of pyridine rings is 1. The van der Waals surface area contributed by atoms with E-state index in [1.165, 1.54) is 6.20 Å². The highest BCUT2D eigenvalue weighted by molar-refractivity contribution is 6.33. The molecular weight excluding hydrogens is 368 g/mol. The molecule has 8 heteroatoms. The predicted octanol–water partition coefficient (Wildman–Crippen LogP) is 2.50. The molecule has 3 heterocycles. The predicted molar refractivity (Wildman–Crippen MR) is 103 cm³/mol. The average Bonchev–Trinajstić information content (AvgIpc) is 2.94. The fourth-order valence-electron chi connectivity index (χ4n) is 3.85. The Morgan fingerprint density at radius 2 is 1.93 bits per heavy atom. The van der Waals surface area contributed by atoms with Crippen LogP contribution in [-0.4, -0.2) is 83.6 Å². The molecule has 0 bridgehead atoms. The minimum Gasteiger partial charge on any atom is -0.450 e. The molecule has 2 saturated heterocycles. The molecule has 2 amide bonds. The summed E-state index contributed by atoms with van der Waals surface area (Å²) < 4.78 is 5.09. The van der Waals surface area contributed by atoms with E-state index in [2.05, 4.69) is 9.88 Å². The van der Waals surface area contributed by atoms with E-state index in [0.29, 0.717) is 29.8 Å². The molecule has 0 saturated carbocycles. The van der Waals surface area contributed by atoms with Crippen molar-refractivity contribution in [1.82, 2.24) is 19.7 Å². The van der Waals surface area contributed by atoms with Crippen molar-refractivity contribution >= 4 is 23.6 Å². The van der Waals surface area contributed by atoms with Gasteiger partial charge in [-0.15, -0.1) is 0 Å². The lowest BCUT2D eigenvalue weighted by atomic mass is 10.0. The van der Waals surface area contributed by atoms with E-state index in [4.69, 9.17) is 16.3 Å². The topological polar surface area (TPSA) is 66.0 Å². The quantitative estimate of drug-likeness (QED) is 0.788. The number of hydrogen-bond acceptors (Lipinski definition) is 5. The van der Waals surface area contributed by atoms with Gasteiger partial charge in [-0.3, -0.25) is 14.7 Å². The third-order valence-corrected chi connectivity index (χ3v) is 5.63. The average molecular weight is 395 g/mol. The molecule has 1 aromatic rings. The Morgan fingerprint density at radius 1 is 1.15 bits per heavy atom. The lowest BCUT2D eigenvalue weighted by Gasteiger charge is -2.37. The lowest BCUT2D eigenvalue weighted by Crippen LogP contribution is -2.48. The summed E-state index contributed by atoms with van der Waals surface area (Å²) in [7, 11) is 0. The van der Waals surface area contributed by atoms with Gasteiger partial charge >= 0.3 is 6.09 Å². The number of piperidine rings is 1. The maximum absolute atomic E-state index is 12.8. The normalized spacial score (nSPS) is 19.6. The maximum Gasteiger partial charge on any atom is 0.409 e. The summed E-state index contributed by atoms with van der Waals surface area (Å²) in [6, 6.07) is 2.13. The number of hydrogen-bond donors (Lipinski definition) is 0. The van der Waals surface area contributed by atoms with Crippen LogP contribution in [-0.2, 0) is 4.74 Å². The zero-order valence-electron chi connectivity index (χ0n) is 15.8. The minimum atomic E-state index is -0.210. The maximum atomic E-state index is 12.8. The second kappa shape index (κ2) is 9.37. The fourth-order valence-corrected chi connectivity index (χ4v) is 4.05. The van der Waals surface area contributed by atoms with Crippen molar-refractivity contribution in [2.75, 3.05) is 45.9 Å². The van der Waals surface area contributed by atoms with Crippen LogP contribution in [0.5, 0.6) is 0 Å². The van der Waals surface area contributed by atoms with Crippen LogP contribution in [0.1, 0.15) is 36.5 Å². The second-order valence-corrected chi connectivity index (χ2v) is 7.36. The first-order valence-corrected chi connectivity index (χ1v) is 10.0. The number of amides is 2. The largest absolute Gasteiger partial charge is 0.450 e. The van der Waals surface area contributed by atoms with Crippen LogP contribution in [0.3, 0.4) is 0 Å². The molecule has 2 aliphatic heterocycles. The van der Waals surface area contributed by atoms with Crippen LogP contribution in [0.25, 0.3) is 0 Å². The molecule has 0 spiro atoms. The van der Waals surface area contributed by atoms with E-state index in [-0.39, 0.29) is 12.0 Å². The van der Waals surface area contributed by atoms with Crippen molar-refractivity contribution in [2.24, 2.45) is 0 Å². The van der Waals surface area contributed by atoms with Crippen LogP contribution in [0.2, 0.25) is 5.02 Å². The van der Waals surface area contributed by atoms with Crippen LogP contribution >= 0.6 is 11.6 Å². The smallest absolute Gasteiger partial charge is 0.409 e. The molecule has 0 atom stereocenters. The first-order valence-electron chi connectivity index (χ1n) is 9.64. The third kappa shape index (κ3) is 4.90. The van der Waals surface area contributed by atoms with Gasteiger partial charge in [-0.1, -0.05) is 11.6 Å². The Bertz CT molecular complexity index is 664. The number of ether oxygens (including phenoxy) is 1. The molecule has 148 valence electrons. The fraction of sp³-hybridized carbons (Fsp3) is 0.632. The van der Waals surface area contributed by atoms with Gasteiger partial charge in [0.15, 0.2) is 0 Å². The molecule has 0 N–H and O–H groups in total. The Hall–Kier alpha value is -1.86. The molecule has 1 aromatic heterocycles. The minimum absolute atomic E-state index is 0.0265. The van der Waals surface area contributed by atoms with E-state index < -0.39 is 0 Å². The number of nitrogens with zero attached hydrogens (tertiary/aromatic N) is 4. The van der Waals surface area contributed by atoms with Gasteiger partial charge in [0.1, 0.15) is 0 Å². The highest BCUT2D eigenvalue weighted by Crippen LogP contribution is 2.21. The zero-order chi connectivity index (χ0) is 19.2. The summed E-state index contributed by atoms with van der Waals surface area (Å²) in [5, 5.41) is 0.398. The van der Waals surface area contributed by atoms with Gasteiger partial charge < -0.3 is 14.5 Å². The highest BCUT2D eigenvalue weighted by atomic mass is 35.5. The molecule has 2 fully saturated rings. The van der Waals surface area contributed by atoms with E-state index in [1.54, 1.807) is 17.2 Å². The summed E-state index contributed by atoms with van der Waals surface area (Å²) in [6.07, 6.45) is 5.73. The highest BCUT2D eigenvalue weighted by Gasteiger charge is 2.29. The Morgan fingerprint density at radius 3 is 2.63 bits per heavy atom. The van der Waals surface area contributed by atoms with Crippen LogP contribution in [0.15, 0.2) is 18.5 Å². The van der Waals surface area contributed by atoms with Crippen LogP contribution in [0, 0.1) is 0 Å². The molecular formula is C19H27ClN4O3. The molecule has 0 aromatic carbocycles. The molecule has 3 rings (SSSR count). The summed E-state index contributed by atoms with van der Waals surface area (Å²) in [4.78, 5) is 34.7. The van der Waals surface area contributed by atoms with E-state index >= 15 is 0 Å². The van der Waals surface area contributed by atoms with Crippen molar-refractivity contribution in [3.63, 3.8) is 0 Å². The Kier molecular flexibility index (Phi) is 6.90. The van der Waals surface area contributed by atoms with E-state index in [0.717, 1.165) is 52.0 Å². The van der Waals surface area contributed by atoms with Gasteiger partial charge in [-0.05, 0) is 32.3 Å². The van der Waals surface area contributed by atoms with Crippen molar-refractivity contribution in [1.29, 1.82) is 0 Å². The van der Waals surface area contributed by atoms with Crippen molar-refractivity contribution in [3.05, 3.63) is 29.0 Å². The van der Waals surface area contributed by atoms with Crippen LogP contribution < -0.4 is 0 Å². The summed E-state index contributed by atoms with van der Waals surface area (Å²) in [6.45, 7) is 6.94. The first kappa shape index (κ1) is 19.9. The third-order valence-electron chi connectivity index (χ3n) is 5.33. The standard InChI is InChI=1S/C19H27ClN4O3/c1-2-27-19(26)24-10-5-15(6-11-24)22-8-3-9-23(13-12-22)18(25)16-4-7-21-14-17(16)20/h4,7,14-15H,2-3,5-6,8-13H2,1H3. The Labute approximate surface area is 165 Å². The molecule has 0 aliphatic carbocycles. The van der Waals surface area contributed by atoms with Gasteiger partial charge in [-0.25, -0.2) is 4.79 Å². The number of rotatable bonds is 3. The number of carbonyl (C=O) groups excluding carboxylic acids is 2. The summed E-state index contributed by atoms with van der Waals surface area (Å²) in [5.74, 6) is -0.0265. The molecule has 27 heavy (non-hydrogen) atoms. The number of halogens is 1. The SMILES string of the molecule is CCOC(=O)N1CCC(N2CCCN(C(=O)c3ccncc3Cl)CC2)CC1. The number of likely N-dealkylation sites (tertiary alicyclic amines) is 1. The first-order chi connectivity index (χ1) is 13.1. The molecule has 2 aliphatic rings. The van der Waals surface area contributed by atoms with Crippen LogP contribution in [0.4, 0.5) is 4.79 Å². The lowest BCUT2D eigenvalue weighted by molar-refractivity contribution is 0.0704. The van der Waals surface area contributed by atoms with Gasteiger partial charge in [-0.2, -0.15) is 0 Å². The molecule has 0 radical (unpaired) electrons. The van der Waals surface area contributed by atoms with Gasteiger partial charge in [0.2, 0.25) is 0 Å². The van der Waals surface area contributed by atoms with Crippen molar-refractivity contribution in [2.45, 2.75) is 32.2 Å². The van der Waals surface area contributed by atoms with Crippen molar-refractivity contribution < 1.29 is 14.3 Å². The van der Waals surface area contributed by atoms with Gasteiger partial charge in [0.25, 0.3) is 5.91 Å². The summed E-state index contributed by atoms with van der Waals surface area (Å²) in [5.41, 5.74) is 0.517. The van der Waals surface area contributed by atoms with E-state index in [9.17, 15) is 9.59 Å². The molecule has 7 nitrogen and oxygen atoms in total. The van der Waals surface area contributed by atoms with Crippen molar-refractivity contribution in [3.8, 4) is 0 Å².